The van der Waals surface area contributed by atoms with Crippen molar-refractivity contribution in [2.45, 2.75) is 27.4 Å². The normalized spacial score (nSPS) is 11.5. The van der Waals surface area contributed by atoms with Gasteiger partial charge in [0.15, 0.2) is 0 Å². The molecule has 3 aromatic carbocycles. The van der Waals surface area contributed by atoms with Crippen molar-refractivity contribution in [1.29, 1.82) is 5.26 Å². The first-order valence-electron chi connectivity index (χ1n) is 11.6. The Morgan fingerprint density at radius 2 is 1.77 bits per heavy atom. The van der Waals surface area contributed by atoms with Gasteiger partial charge >= 0.3 is 0 Å². The van der Waals surface area contributed by atoms with Crippen molar-refractivity contribution in [3.63, 3.8) is 0 Å². The van der Waals surface area contributed by atoms with Crippen LogP contribution < -0.4 is 4.74 Å². The highest BCUT2D eigenvalue weighted by Crippen LogP contribution is 2.27. The zero-order valence-electron chi connectivity index (χ0n) is 20.0. The molecule has 5 heteroatoms. The van der Waals surface area contributed by atoms with Crippen LogP contribution in [0.4, 0.5) is 0 Å². The minimum Gasteiger partial charge on any atom is -0.489 e. The smallest absolute Gasteiger partial charge is 0.149 e. The maximum atomic E-state index is 9.87. The molecular formula is C30H26N4O. The van der Waals surface area contributed by atoms with Crippen molar-refractivity contribution in [1.82, 2.24) is 14.5 Å². The number of hydrogen-bond donors (Lipinski definition) is 1. The molecule has 2 heterocycles. The minimum atomic E-state index is 0.503. The van der Waals surface area contributed by atoms with Crippen LogP contribution in [0.25, 0.3) is 28.4 Å². The highest BCUT2D eigenvalue weighted by molar-refractivity contribution is 5.91. The Labute approximate surface area is 205 Å². The molecule has 0 radical (unpaired) electrons. The Balaban J connectivity index is 1.41. The fourth-order valence-electron chi connectivity index (χ4n) is 4.32. The number of nitrogens with one attached hydrogen (secondary N) is 1. The van der Waals surface area contributed by atoms with Crippen LogP contribution in [0.5, 0.6) is 5.75 Å². The summed E-state index contributed by atoms with van der Waals surface area (Å²) in [6.07, 6.45) is 1.90. The Morgan fingerprint density at radius 1 is 1.00 bits per heavy atom. The van der Waals surface area contributed by atoms with Crippen LogP contribution in [-0.2, 0) is 6.61 Å². The van der Waals surface area contributed by atoms with E-state index in [-0.39, 0.29) is 0 Å². The number of aromatic amines is 1. The molecule has 5 nitrogen and oxygen atoms in total. The Bertz CT molecular complexity index is 1560. The van der Waals surface area contributed by atoms with Gasteiger partial charge in [0.05, 0.1) is 16.6 Å². The van der Waals surface area contributed by atoms with Gasteiger partial charge in [-0.1, -0.05) is 36.4 Å². The molecule has 0 spiro atoms. The van der Waals surface area contributed by atoms with E-state index in [1.54, 1.807) is 0 Å². The molecule has 5 rings (SSSR count). The lowest BCUT2D eigenvalue weighted by Crippen LogP contribution is -2.00. The van der Waals surface area contributed by atoms with Gasteiger partial charge in [-0.3, -0.25) is 0 Å². The van der Waals surface area contributed by atoms with E-state index in [1.165, 1.54) is 0 Å². The van der Waals surface area contributed by atoms with E-state index in [9.17, 15) is 5.26 Å². The zero-order chi connectivity index (χ0) is 24.4. The second-order valence-electron chi connectivity index (χ2n) is 8.71. The molecule has 0 aliphatic heterocycles. The number of ether oxygens (including phenoxy) is 1. The second-order valence-corrected chi connectivity index (χ2v) is 8.71. The second kappa shape index (κ2) is 9.36. The molecule has 0 aliphatic rings. The quantitative estimate of drug-likeness (QED) is 0.281. The predicted molar refractivity (Wildman–Crippen MR) is 140 cm³/mol. The molecule has 0 bridgehead atoms. The van der Waals surface area contributed by atoms with E-state index in [0.717, 1.165) is 50.5 Å². The summed E-state index contributed by atoms with van der Waals surface area (Å²) < 4.78 is 8.12. The van der Waals surface area contributed by atoms with Crippen LogP contribution in [0.2, 0.25) is 0 Å². The number of nitrogens with zero attached hydrogens (tertiary/aromatic N) is 3. The lowest BCUT2D eigenvalue weighted by Gasteiger charge is -2.11. The van der Waals surface area contributed by atoms with Crippen molar-refractivity contribution in [3.05, 3.63) is 113 Å². The number of hydrogen-bond acceptors (Lipinski definition) is 3. The molecule has 0 amide bonds. The molecule has 1 N–H and O–H groups in total. The summed E-state index contributed by atoms with van der Waals surface area (Å²) >= 11 is 0. The van der Waals surface area contributed by atoms with Crippen LogP contribution in [0.1, 0.15) is 33.9 Å². The van der Waals surface area contributed by atoms with Gasteiger partial charge in [-0.25, -0.2) is 4.98 Å². The maximum absolute atomic E-state index is 9.87. The Kier molecular flexibility index (Phi) is 5.95. The first-order valence-corrected chi connectivity index (χ1v) is 11.6. The SMILES string of the molecule is Cc1ccc2nc(/C(C#N)=C\c3cc(C)n(-c4ccc(OCc5ccccc5)cc4)c3C)[nH]c2c1. The van der Waals surface area contributed by atoms with Gasteiger partial charge in [0.25, 0.3) is 0 Å². The number of benzene rings is 3. The maximum Gasteiger partial charge on any atom is 0.149 e. The van der Waals surface area contributed by atoms with Crippen LogP contribution in [-0.4, -0.2) is 14.5 Å². The molecule has 5 aromatic rings. The van der Waals surface area contributed by atoms with Crippen molar-refractivity contribution in [2.24, 2.45) is 0 Å². The fourth-order valence-corrected chi connectivity index (χ4v) is 4.32. The van der Waals surface area contributed by atoms with E-state index in [0.29, 0.717) is 18.0 Å². The topological polar surface area (TPSA) is 66.6 Å². The standard InChI is InChI=1S/C30H26N4O/c1-20-9-14-28-29(15-20)33-30(32-28)25(18-31)17-24-16-21(2)34(22(24)3)26-10-12-27(13-11-26)35-19-23-7-5-4-6-8-23/h4-17H,19H2,1-3H3,(H,32,33)/b25-17-. The van der Waals surface area contributed by atoms with Gasteiger partial charge in [0.1, 0.15) is 24.3 Å². The molecule has 2 aromatic heterocycles. The van der Waals surface area contributed by atoms with Gasteiger partial charge in [-0.2, -0.15) is 5.26 Å². The van der Waals surface area contributed by atoms with E-state index in [1.807, 2.05) is 61.5 Å². The number of fused-ring (bicyclic) bond motifs is 1. The summed E-state index contributed by atoms with van der Waals surface area (Å²) in [5.41, 5.74) is 8.75. The molecular weight excluding hydrogens is 432 g/mol. The third kappa shape index (κ3) is 4.60. The number of rotatable bonds is 6. The van der Waals surface area contributed by atoms with E-state index >= 15 is 0 Å². The molecule has 0 atom stereocenters. The van der Waals surface area contributed by atoms with Crippen molar-refractivity contribution < 1.29 is 4.74 Å². The summed E-state index contributed by atoms with van der Waals surface area (Å²) in [7, 11) is 0. The van der Waals surface area contributed by atoms with Gasteiger partial charge in [-0.05, 0) is 86.0 Å². The third-order valence-corrected chi connectivity index (χ3v) is 6.13. The average Bonchev–Trinajstić information content (AvgIpc) is 3.41. The number of imidazole rings is 1. The Hall–Kier alpha value is -4.56. The number of aryl methyl sites for hydroxylation is 2. The molecule has 0 saturated heterocycles. The summed E-state index contributed by atoms with van der Waals surface area (Å²) in [5, 5.41) is 9.87. The highest BCUT2D eigenvalue weighted by atomic mass is 16.5. The first-order chi connectivity index (χ1) is 17.0. The average molecular weight is 459 g/mol. The van der Waals surface area contributed by atoms with E-state index < -0.39 is 0 Å². The van der Waals surface area contributed by atoms with Crippen LogP contribution >= 0.6 is 0 Å². The summed E-state index contributed by atoms with van der Waals surface area (Å²) in [5.74, 6) is 1.41. The van der Waals surface area contributed by atoms with Crippen molar-refractivity contribution >= 4 is 22.7 Å². The molecule has 0 saturated carbocycles. The number of allylic oxidation sites excluding steroid dienone is 1. The molecule has 0 aliphatic carbocycles. The van der Waals surface area contributed by atoms with Crippen LogP contribution in [0.15, 0.2) is 78.9 Å². The first kappa shape index (κ1) is 22.2. The number of nitriles is 1. The van der Waals surface area contributed by atoms with Gasteiger partial charge in [0.2, 0.25) is 0 Å². The number of H-pyrrole nitrogens is 1. The summed E-state index contributed by atoms with van der Waals surface area (Å²) in [6.45, 7) is 6.71. The van der Waals surface area contributed by atoms with Gasteiger partial charge in [-0.15, -0.1) is 0 Å². The molecule has 0 fully saturated rings. The van der Waals surface area contributed by atoms with Crippen molar-refractivity contribution in [3.8, 4) is 17.5 Å². The Morgan fingerprint density at radius 3 is 2.51 bits per heavy atom. The van der Waals surface area contributed by atoms with Crippen molar-refractivity contribution in [2.75, 3.05) is 0 Å². The summed E-state index contributed by atoms with van der Waals surface area (Å²) in [4.78, 5) is 7.91. The van der Waals surface area contributed by atoms with Crippen LogP contribution in [0.3, 0.4) is 0 Å². The lowest BCUT2D eigenvalue weighted by atomic mass is 10.1. The zero-order valence-corrected chi connectivity index (χ0v) is 20.0. The van der Waals surface area contributed by atoms with Gasteiger partial charge in [0, 0.05) is 17.1 Å². The summed E-state index contributed by atoms with van der Waals surface area (Å²) in [6, 6.07) is 28.7. The van der Waals surface area contributed by atoms with E-state index in [4.69, 9.17) is 4.74 Å². The molecule has 172 valence electrons. The molecule has 35 heavy (non-hydrogen) atoms. The lowest BCUT2D eigenvalue weighted by molar-refractivity contribution is 0.306. The van der Waals surface area contributed by atoms with Gasteiger partial charge < -0.3 is 14.3 Å². The minimum absolute atomic E-state index is 0.503. The highest BCUT2D eigenvalue weighted by Gasteiger charge is 2.13. The largest absolute Gasteiger partial charge is 0.489 e. The fraction of sp³-hybridized carbons (Fsp3) is 0.133. The van der Waals surface area contributed by atoms with E-state index in [2.05, 4.69) is 64.8 Å². The predicted octanol–water partition coefficient (Wildman–Crippen LogP) is 6.92. The number of aromatic nitrogens is 3. The third-order valence-electron chi connectivity index (χ3n) is 6.13. The molecule has 0 unspecified atom stereocenters. The monoisotopic (exact) mass is 458 g/mol. The van der Waals surface area contributed by atoms with Crippen LogP contribution in [0, 0.1) is 32.1 Å².